The Morgan fingerprint density at radius 3 is 2.08 bits per heavy atom. The molecule has 0 saturated heterocycles. The molecule has 0 radical (unpaired) electrons. The van der Waals surface area contributed by atoms with Gasteiger partial charge in [-0.05, 0) is 25.5 Å². The minimum Gasteiger partial charge on any atom is -0.388 e. The number of nitrogens with one attached hydrogen (secondary N) is 2. The van der Waals surface area contributed by atoms with Gasteiger partial charge in [0.1, 0.15) is 0 Å². The van der Waals surface area contributed by atoms with Gasteiger partial charge in [0.05, 0.1) is 0 Å². The summed E-state index contributed by atoms with van der Waals surface area (Å²) in [5.74, 6) is 0. The highest BCUT2D eigenvalue weighted by atomic mass is 14.9. The summed E-state index contributed by atoms with van der Waals surface area (Å²) in [5.41, 5.74) is 2.60. The molecule has 2 N–H and O–H groups in total. The summed E-state index contributed by atoms with van der Waals surface area (Å²) >= 11 is 0. The average molecular weight is 182 g/mol. The van der Waals surface area contributed by atoms with E-state index in [1.54, 1.807) is 0 Å². The van der Waals surface area contributed by atoms with Crippen molar-refractivity contribution >= 4 is 0 Å². The van der Waals surface area contributed by atoms with Gasteiger partial charge in [-0.25, -0.2) is 0 Å². The molecule has 0 aliphatic carbocycles. The highest BCUT2D eigenvalue weighted by Gasteiger charge is 1.99. The largest absolute Gasteiger partial charge is 0.388 e. The summed E-state index contributed by atoms with van der Waals surface area (Å²) in [5, 5.41) is 6.40. The van der Waals surface area contributed by atoms with Crippen LogP contribution in [-0.4, -0.2) is 20.6 Å². The van der Waals surface area contributed by atoms with Gasteiger partial charge in [0, 0.05) is 19.3 Å². The van der Waals surface area contributed by atoms with Gasteiger partial charge in [-0.1, -0.05) is 26.0 Å². The number of likely N-dealkylation sites (N-methyl/N-ethyl adjacent to an activating group) is 2. The van der Waals surface area contributed by atoms with E-state index < -0.39 is 0 Å². The summed E-state index contributed by atoms with van der Waals surface area (Å²) in [6, 6.07) is 0. The van der Waals surface area contributed by atoms with Crippen LogP contribution in [0.25, 0.3) is 0 Å². The van der Waals surface area contributed by atoms with Crippen LogP contribution in [0.3, 0.4) is 0 Å². The molecule has 76 valence electrons. The van der Waals surface area contributed by atoms with Gasteiger partial charge >= 0.3 is 0 Å². The molecule has 0 aliphatic rings. The predicted octanol–water partition coefficient (Wildman–Crippen LogP) is 2.06. The van der Waals surface area contributed by atoms with Crippen LogP contribution < -0.4 is 10.6 Å². The Morgan fingerprint density at radius 1 is 1.08 bits per heavy atom. The molecule has 0 aromatic heterocycles. The van der Waals surface area contributed by atoms with Crippen molar-refractivity contribution in [2.24, 2.45) is 0 Å². The van der Waals surface area contributed by atoms with E-state index in [2.05, 4.69) is 36.6 Å². The van der Waals surface area contributed by atoms with E-state index >= 15 is 0 Å². The van der Waals surface area contributed by atoms with E-state index in [1.165, 1.54) is 11.3 Å². The van der Waals surface area contributed by atoms with Crippen molar-refractivity contribution < 1.29 is 0 Å². The first-order valence-electron chi connectivity index (χ1n) is 5.02. The molecule has 0 unspecified atom stereocenters. The fourth-order valence-corrected chi connectivity index (χ4v) is 1.31. The lowest BCUT2D eigenvalue weighted by molar-refractivity contribution is 0.845. The molecule has 0 bridgehead atoms. The fourth-order valence-electron chi connectivity index (χ4n) is 1.31. The lowest BCUT2D eigenvalue weighted by atomic mass is 10.1. The molecule has 0 atom stereocenters. The number of hydrogen-bond acceptors (Lipinski definition) is 2. The zero-order valence-electron chi connectivity index (χ0n) is 9.28. The molecule has 0 spiro atoms. The molecular weight excluding hydrogens is 160 g/mol. The molecule has 0 amide bonds. The predicted molar refractivity (Wildman–Crippen MR) is 59.7 cm³/mol. The van der Waals surface area contributed by atoms with Crippen molar-refractivity contribution in [3.63, 3.8) is 0 Å². The maximum atomic E-state index is 3.23. The first kappa shape index (κ1) is 12.2. The number of rotatable bonds is 6. The van der Waals surface area contributed by atoms with Gasteiger partial charge in [0.15, 0.2) is 0 Å². The minimum atomic E-state index is 0.931. The molecule has 0 fully saturated rings. The van der Waals surface area contributed by atoms with Gasteiger partial charge in [-0.3, -0.25) is 0 Å². The first-order chi connectivity index (χ1) is 6.29. The molecule has 0 aromatic rings. The molecule has 2 nitrogen and oxygen atoms in total. The van der Waals surface area contributed by atoms with Crippen LogP contribution in [0.2, 0.25) is 0 Å². The zero-order chi connectivity index (χ0) is 10.1. The maximum Gasteiger partial charge on any atom is 0.0339 e. The second-order valence-electron chi connectivity index (χ2n) is 2.94. The van der Waals surface area contributed by atoms with E-state index in [0.717, 1.165) is 19.4 Å². The molecule has 0 saturated carbocycles. The van der Waals surface area contributed by atoms with Crippen molar-refractivity contribution in [2.45, 2.75) is 26.7 Å². The van der Waals surface area contributed by atoms with Crippen LogP contribution in [0.1, 0.15) is 26.7 Å². The van der Waals surface area contributed by atoms with E-state index in [9.17, 15) is 0 Å². The van der Waals surface area contributed by atoms with Gasteiger partial charge in [-0.15, -0.1) is 0 Å². The van der Waals surface area contributed by atoms with Crippen molar-refractivity contribution in [2.75, 3.05) is 20.6 Å². The summed E-state index contributed by atoms with van der Waals surface area (Å²) in [6.07, 6.45) is 6.63. The molecule has 0 aliphatic heterocycles. The van der Waals surface area contributed by atoms with Crippen LogP contribution in [-0.2, 0) is 0 Å². The van der Waals surface area contributed by atoms with E-state index in [1.807, 2.05) is 14.1 Å². The summed E-state index contributed by atoms with van der Waals surface area (Å²) in [6.45, 7) is 5.25. The summed E-state index contributed by atoms with van der Waals surface area (Å²) in [4.78, 5) is 0. The summed E-state index contributed by atoms with van der Waals surface area (Å²) < 4.78 is 0. The van der Waals surface area contributed by atoms with E-state index in [4.69, 9.17) is 0 Å². The standard InChI is InChI=1S/C11H22N2/c1-5-7-10(9-12-3)11(13-4)8-6-2/h7-8,12-13H,5-6,9H2,1-4H3/b10-7-,11-8+. The minimum absolute atomic E-state index is 0.931. The van der Waals surface area contributed by atoms with Crippen LogP contribution in [0, 0.1) is 0 Å². The second-order valence-corrected chi connectivity index (χ2v) is 2.94. The molecule has 13 heavy (non-hydrogen) atoms. The Morgan fingerprint density at radius 2 is 1.69 bits per heavy atom. The Kier molecular flexibility index (Phi) is 7.41. The van der Waals surface area contributed by atoms with Crippen LogP contribution in [0.5, 0.6) is 0 Å². The van der Waals surface area contributed by atoms with Gasteiger partial charge in [0.2, 0.25) is 0 Å². The third-order valence-corrected chi connectivity index (χ3v) is 1.84. The van der Waals surface area contributed by atoms with Crippen molar-refractivity contribution in [1.82, 2.24) is 10.6 Å². The van der Waals surface area contributed by atoms with Crippen molar-refractivity contribution in [3.05, 3.63) is 23.4 Å². The Bertz CT molecular complexity index is 181. The smallest absolute Gasteiger partial charge is 0.0339 e. The van der Waals surface area contributed by atoms with E-state index in [0.29, 0.717) is 0 Å². The molecule has 2 heteroatoms. The lowest BCUT2D eigenvalue weighted by Gasteiger charge is -2.11. The molecular formula is C11H22N2. The van der Waals surface area contributed by atoms with Crippen LogP contribution in [0.4, 0.5) is 0 Å². The van der Waals surface area contributed by atoms with Crippen molar-refractivity contribution in [1.29, 1.82) is 0 Å². The highest BCUT2D eigenvalue weighted by Crippen LogP contribution is 2.07. The topological polar surface area (TPSA) is 24.1 Å². The lowest BCUT2D eigenvalue weighted by Crippen LogP contribution is -2.18. The molecule has 0 aromatic carbocycles. The average Bonchev–Trinajstić information content (AvgIpc) is 2.14. The highest BCUT2D eigenvalue weighted by molar-refractivity contribution is 5.30. The SMILES string of the molecule is CC/C=C(CNC)\C(=C/CC)NC. The van der Waals surface area contributed by atoms with Gasteiger partial charge in [-0.2, -0.15) is 0 Å². The quantitative estimate of drug-likeness (QED) is 0.614. The van der Waals surface area contributed by atoms with Crippen molar-refractivity contribution in [3.8, 4) is 0 Å². The normalized spacial score (nSPS) is 13.2. The van der Waals surface area contributed by atoms with Crippen LogP contribution >= 0.6 is 0 Å². The van der Waals surface area contributed by atoms with Crippen LogP contribution in [0.15, 0.2) is 23.4 Å². The third-order valence-electron chi connectivity index (χ3n) is 1.84. The number of allylic oxidation sites excluding steroid dienone is 2. The third kappa shape index (κ3) is 4.73. The fraction of sp³-hybridized carbons (Fsp3) is 0.636. The Balaban J connectivity index is 4.49. The summed E-state index contributed by atoms with van der Waals surface area (Å²) in [7, 11) is 3.95. The monoisotopic (exact) mass is 182 g/mol. The van der Waals surface area contributed by atoms with Gasteiger partial charge in [0.25, 0.3) is 0 Å². The molecule has 0 heterocycles. The second kappa shape index (κ2) is 7.87. The Labute approximate surface area is 82.1 Å². The zero-order valence-corrected chi connectivity index (χ0v) is 9.28. The van der Waals surface area contributed by atoms with Gasteiger partial charge < -0.3 is 10.6 Å². The molecule has 0 rings (SSSR count). The first-order valence-corrected chi connectivity index (χ1v) is 5.02. The van der Waals surface area contributed by atoms with E-state index in [-0.39, 0.29) is 0 Å². The Hall–Kier alpha value is -0.760. The maximum absolute atomic E-state index is 3.23. The number of hydrogen-bond donors (Lipinski definition) is 2.